The van der Waals surface area contributed by atoms with Crippen LogP contribution in [0.3, 0.4) is 0 Å². The van der Waals surface area contributed by atoms with Crippen LogP contribution >= 0.6 is 0 Å². The van der Waals surface area contributed by atoms with Crippen molar-refractivity contribution >= 4 is 11.9 Å². The fourth-order valence-electron chi connectivity index (χ4n) is 6.27. The van der Waals surface area contributed by atoms with Gasteiger partial charge in [-0.25, -0.2) is 4.79 Å². The number of esters is 2. The van der Waals surface area contributed by atoms with E-state index in [9.17, 15) is 50.4 Å². The van der Waals surface area contributed by atoms with Gasteiger partial charge in [0.15, 0.2) is 17.8 Å². The van der Waals surface area contributed by atoms with E-state index in [2.05, 4.69) is 0 Å². The van der Waals surface area contributed by atoms with Gasteiger partial charge in [0.25, 0.3) is 0 Å². The standard InChI is InChI=1S/C30H40O18/c1-11-20(33)22(35)24(37)28(43-11)45-15-5-4-13(8-16(15)41-3)26(39)44-17-9-30(40,48-12(2)32)19-14(17)6-7-42-27(19)47-29-25(38)23(36)21(34)18(10-31)46-29/h4-8,11,14,17-25,27-29,31,33-38,40H,9-10H2,1-3H3/t11-,14-,17+,18+,19-,20-,21+,22+,23-,24+,25+,27-,28-,29-,30-/m0/s1. The second kappa shape index (κ2) is 14.4. The molecule has 0 unspecified atom stereocenters. The number of aliphatic hydroxyl groups is 8. The van der Waals surface area contributed by atoms with Crippen molar-refractivity contribution in [3.05, 3.63) is 36.1 Å². The van der Waals surface area contributed by atoms with Crippen LogP contribution < -0.4 is 9.47 Å². The molecule has 0 spiro atoms. The topological polar surface area (TPSA) is 270 Å². The number of benzene rings is 1. The Hall–Kier alpha value is -3.14. The third-order valence-corrected chi connectivity index (χ3v) is 8.81. The summed E-state index contributed by atoms with van der Waals surface area (Å²) in [6.07, 6.45) is -15.3. The minimum atomic E-state index is -2.32. The van der Waals surface area contributed by atoms with Gasteiger partial charge in [-0.3, -0.25) is 4.79 Å². The van der Waals surface area contributed by atoms with E-state index in [4.69, 9.17) is 37.9 Å². The normalized spacial score (nSPS) is 42.3. The number of carbonyl (C=O) groups excluding carboxylic acids is 2. The number of carbonyl (C=O) groups is 2. The second-order valence-corrected chi connectivity index (χ2v) is 12.0. The van der Waals surface area contributed by atoms with Crippen LogP contribution in [0.4, 0.5) is 0 Å². The van der Waals surface area contributed by atoms with Crippen LogP contribution in [-0.4, -0.2) is 146 Å². The number of hydrogen-bond acceptors (Lipinski definition) is 18. The van der Waals surface area contributed by atoms with Gasteiger partial charge in [-0.05, 0) is 31.2 Å². The van der Waals surface area contributed by atoms with E-state index in [1.54, 1.807) is 0 Å². The smallest absolute Gasteiger partial charge is 0.338 e. The highest BCUT2D eigenvalue weighted by Crippen LogP contribution is 2.49. The Labute approximate surface area is 273 Å². The SMILES string of the molecule is COc1cc(C(=O)O[C@@H]2C[C@](O)(OC(C)=O)[C@@H]3[C@H](O[C@@H]4O[C@H](CO)[C@@H](O)[C@H](O)[C@H]4O)OC=C[C@H]32)ccc1O[C@@H]1O[C@@H](C)[C@H](O)[C@@H](O)[C@H]1O. The monoisotopic (exact) mass is 688 g/mol. The number of rotatable bonds is 9. The fraction of sp³-hybridized carbons (Fsp3) is 0.667. The summed E-state index contributed by atoms with van der Waals surface area (Å²) in [5.41, 5.74) is -0.0298. The van der Waals surface area contributed by atoms with Crippen molar-refractivity contribution in [3.8, 4) is 11.5 Å². The van der Waals surface area contributed by atoms with Gasteiger partial charge in [0.2, 0.25) is 18.4 Å². The van der Waals surface area contributed by atoms with Gasteiger partial charge in [-0.2, -0.15) is 0 Å². The molecule has 0 bridgehead atoms. The molecule has 18 heteroatoms. The molecule has 1 aliphatic carbocycles. The zero-order valence-corrected chi connectivity index (χ0v) is 26.0. The molecule has 0 aromatic heterocycles. The highest BCUT2D eigenvalue weighted by molar-refractivity contribution is 5.90. The number of fused-ring (bicyclic) bond motifs is 1. The van der Waals surface area contributed by atoms with E-state index in [1.807, 2.05) is 0 Å². The molecular weight excluding hydrogens is 648 g/mol. The molecule has 3 aliphatic heterocycles. The molecule has 268 valence electrons. The largest absolute Gasteiger partial charge is 0.493 e. The average molecular weight is 689 g/mol. The lowest BCUT2D eigenvalue weighted by Gasteiger charge is -2.43. The molecule has 0 amide bonds. The zero-order chi connectivity index (χ0) is 35.1. The van der Waals surface area contributed by atoms with E-state index in [0.717, 1.165) is 6.92 Å². The first-order valence-electron chi connectivity index (χ1n) is 15.1. The summed E-state index contributed by atoms with van der Waals surface area (Å²) in [5, 5.41) is 82.2. The second-order valence-electron chi connectivity index (χ2n) is 12.0. The molecule has 2 saturated heterocycles. The molecule has 15 atom stereocenters. The van der Waals surface area contributed by atoms with Gasteiger partial charge in [-0.15, -0.1) is 0 Å². The van der Waals surface area contributed by atoms with E-state index in [0.29, 0.717) is 0 Å². The molecular formula is C30H40O18. The first kappa shape index (κ1) is 36.1. The lowest BCUT2D eigenvalue weighted by molar-refractivity contribution is -0.356. The Kier molecular flexibility index (Phi) is 10.8. The van der Waals surface area contributed by atoms with Crippen LogP contribution in [0.1, 0.15) is 30.6 Å². The maximum absolute atomic E-state index is 13.4. The molecule has 4 aliphatic rings. The highest BCUT2D eigenvalue weighted by atomic mass is 16.8. The maximum atomic E-state index is 13.4. The van der Waals surface area contributed by atoms with Crippen molar-refractivity contribution in [2.75, 3.05) is 13.7 Å². The number of hydrogen-bond donors (Lipinski definition) is 8. The molecule has 1 aromatic carbocycles. The molecule has 3 fully saturated rings. The highest BCUT2D eigenvalue weighted by Gasteiger charge is 2.62. The van der Waals surface area contributed by atoms with Crippen molar-refractivity contribution in [2.45, 2.75) is 99.9 Å². The Morgan fingerprint density at radius 2 is 1.60 bits per heavy atom. The van der Waals surface area contributed by atoms with E-state index in [-0.39, 0.29) is 17.1 Å². The minimum absolute atomic E-state index is 0.0215. The van der Waals surface area contributed by atoms with Crippen molar-refractivity contribution < 1.29 is 88.3 Å². The Morgan fingerprint density at radius 3 is 2.27 bits per heavy atom. The van der Waals surface area contributed by atoms with Crippen LogP contribution in [0.5, 0.6) is 11.5 Å². The summed E-state index contributed by atoms with van der Waals surface area (Å²) >= 11 is 0. The maximum Gasteiger partial charge on any atom is 0.338 e. The van der Waals surface area contributed by atoms with E-state index < -0.39 is 116 Å². The fourth-order valence-corrected chi connectivity index (χ4v) is 6.27. The van der Waals surface area contributed by atoms with Crippen LogP contribution in [-0.2, 0) is 33.2 Å². The van der Waals surface area contributed by atoms with Crippen LogP contribution in [0.2, 0.25) is 0 Å². The number of methoxy groups -OCH3 is 1. The van der Waals surface area contributed by atoms with E-state index in [1.165, 1.54) is 44.6 Å². The summed E-state index contributed by atoms with van der Waals surface area (Å²) in [4.78, 5) is 25.4. The van der Waals surface area contributed by atoms with Gasteiger partial charge >= 0.3 is 11.9 Å². The Bertz CT molecular complexity index is 1340. The lowest BCUT2D eigenvalue weighted by Crippen LogP contribution is -2.61. The molecule has 0 radical (unpaired) electrons. The van der Waals surface area contributed by atoms with E-state index >= 15 is 0 Å². The third kappa shape index (κ3) is 6.96. The van der Waals surface area contributed by atoms with Crippen molar-refractivity contribution in [2.24, 2.45) is 11.8 Å². The van der Waals surface area contributed by atoms with Gasteiger partial charge in [-0.1, -0.05) is 0 Å². The molecule has 1 saturated carbocycles. The number of ether oxygens (including phenoxy) is 8. The summed E-state index contributed by atoms with van der Waals surface area (Å²) in [6, 6.07) is 3.93. The first-order valence-corrected chi connectivity index (χ1v) is 15.1. The van der Waals surface area contributed by atoms with Gasteiger partial charge in [0.1, 0.15) is 48.8 Å². The zero-order valence-electron chi connectivity index (χ0n) is 26.0. The third-order valence-electron chi connectivity index (χ3n) is 8.81. The van der Waals surface area contributed by atoms with Crippen molar-refractivity contribution in [1.82, 2.24) is 0 Å². The van der Waals surface area contributed by atoms with Crippen molar-refractivity contribution in [3.63, 3.8) is 0 Å². The van der Waals surface area contributed by atoms with Crippen molar-refractivity contribution in [1.29, 1.82) is 0 Å². The van der Waals surface area contributed by atoms with Gasteiger partial charge < -0.3 is 78.7 Å². The van der Waals surface area contributed by atoms with Crippen LogP contribution in [0, 0.1) is 11.8 Å². The molecule has 8 N–H and O–H groups in total. The predicted octanol–water partition coefficient (Wildman–Crippen LogP) is -3.00. The summed E-state index contributed by atoms with van der Waals surface area (Å²) < 4.78 is 44.2. The van der Waals surface area contributed by atoms with Crippen LogP contribution in [0.15, 0.2) is 30.5 Å². The molecule has 18 nitrogen and oxygen atoms in total. The summed E-state index contributed by atoms with van der Waals surface area (Å²) in [7, 11) is 1.29. The Morgan fingerprint density at radius 1 is 0.917 bits per heavy atom. The predicted molar refractivity (Wildman–Crippen MR) is 152 cm³/mol. The number of aliphatic hydroxyl groups excluding tert-OH is 7. The quantitative estimate of drug-likeness (QED) is 0.0949. The van der Waals surface area contributed by atoms with Gasteiger partial charge in [0, 0.05) is 12.8 Å². The Balaban J connectivity index is 1.33. The molecule has 1 aromatic rings. The summed E-state index contributed by atoms with van der Waals surface area (Å²) in [5.74, 6) is -6.19. The molecule has 3 heterocycles. The first-order chi connectivity index (χ1) is 22.7. The summed E-state index contributed by atoms with van der Waals surface area (Å²) in [6.45, 7) is 1.81. The molecule has 48 heavy (non-hydrogen) atoms. The van der Waals surface area contributed by atoms with Gasteiger partial charge in [0.05, 0.1) is 44.0 Å². The molecule has 5 rings (SSSR count). The van der Waals surface area contributed by atoms with Crippen LogP contribution in [0.25, 0.3) is 0 Å². The minimum Gasteiger partial charge on any atom is -0.493 e. The lowest BCUT2D eigenvalue weighted by atomic mass is 9.89. The average Bonchev–Trinajstić information content (AvgIpc) is 3.33.